The standard InChI is InChI=1S/C32H39Cl2N3O5S/c1-5-8-19-35-32(39)30(6-2)36(21-24-11-12-25(33)20-29(24)34)31(38)22-37(26-13-9-23(4)10-14-26)43(40,41)28-17-15-27(16-18-28)42-7-3/h9-18,20,30H,5-8,19,21-22H2,1-4H3,(H,35,39). The molecule has 3 aromatic rings. The summed E-state index contributed by atoms with van der Waals surface area (Å²) in [6.45, 7) is 7.91. The fraction of sp³-hybridized carbons (Fsp3) is 0.375. The van der Waals surface area contributed by atoms with Gasteiger partial charge in [0.05, 0.1) is 17.2 Å². The zero-order chi connectivity index (χ0) is 31.6. The Morgan fingerprint density at radius 3 is 2.21 bits per heavy atom. The van der Waals surface area contributed by atoms with Crippen molar-refractivity contribution in [2.24, 2.45) is 0 Å². The van der Waals surface area contributed by atoms with Gasteiger partial charge in [-0.1, -0.05) is 67.2 Å². The minimum absolute atomic E-state index is 0.000902. The lowest BCUT2D eigenvalue weighted by Crippen LogP contribution is -2.52. The van der Waals surface area contributed by atoms with Crippen LogP contribution in [0.2, 0.25) is 10.0 Å². The van der Waals surface area contributed by atoms with Crippen LogP contribution in [0.3, 0.4) is 0 Å². The second-order valence-corrected chi connectivity index (χ2v) is 12.8. The molecule has 2 amide bonds. The van der Waals surface area contributed by atoms with Gasteiger partial charge in [-0.15, -0.1) is 0 Å². The number of aryl methyl sites for hydroxylation is 1. The van der Waals surface area contributed by atoms with Crippen molar-refractivity contribution < 1.29 is 22.7 Å². The fourth-order valence-electron chi connectivity index (χ4n) is 4.50. The molecule has 0 aromatic heterocycles. The van der Waals surface area contributed by atoms with Crippen LogP contribution in [0.25, 0.3) is 0 Å². The summed E-state index contributed by atoms with van der Waals surface area (Å²) in [5, 5.41) is 3.68. The summed E-state index contributed by atoms with van der Waals surface area (Å²) < 4.78 is 34.6. The summed E-state index contributed by atoms with van der Waals surface area (Å²) in [4.78, 5) is 28.9. The lowest BCUT2D eigenvalue weighted by Gasteiger charge is -2.33. The van der Waals surface area contributed by atoms with Crippen LogP contribution in [0.4, 0.5) is 5.69 Å². The maximum atomic E-state index is 14.2. The molecule has 0 aliphatic carbocycles. The van der Waals surface area contributed by atoms with E-state index in [1.807, 2.05) is 27.7 Å². The van der Waals surface area contributed by atoms with Gasteiger partial charge in [-0.3, -0.25) is 13.9 Å². The molecule has 0 aliphatic heterocycles. The number of carbonyl (C=O) groups excluding carboxylic acids is 2. The van der Waals surface area contributed by atoms with E-state index >= 15 is 0 Å². The van der Waals surface area contributed by atoms with Gasteiger partial charge in [0.1, 0.15) is 18.3 Å². The topological polar surface area (TPSA) is 96.0 Å². The van der Waals surface area contributed by atoms with E-state index in [0.29, 0.717) is 46.6 Å². The molecular formula is C32H39Cl2N3O5S. The third kappa shape index (κ3) is 9.11. The molecule has 0 saturated heterocycles. The predicted molar refractivity (Wildman–Crippen MR) is 172 cm³/mol. The average Bonchev–Trinajstić information content (AvgIpc) is 2.98. The molecule has 0 radical (unpaired) electrons. The van der Waals surface area contributed by atoms with E-state index < -0.39 is 28.5 Å². The maximum absolute atomic E-state index is 14.2. The summed E-state index contributed by atoms with van der Waals surface area (Å²) >= 11 is 12.6. The van der Waals surface area contributed by atoms with Gasteiger partial charge in [0, 0.05) is 23.1 Å². The van der Waals surface area contributed by atoms with Gasteiger partial charge in [-0.05, 0) is 80.8 Å². The van der Waals surface area contributed by atoms with Gasteiger partial charge in [0.15, 0.2) is 0 Å². The van der Waals surface area contributed by atoms with Crippen molar-refractivity contribution >= 4 is 50.7 Å². The molecule has 1 unspecified atom stereocenters. The highest BCUT2D eigenvalue weighted by Crippen LogP contribution is 2.28. The van der Waals surface area contributed by atoms with Crippen molar-refractivity contribution in [3.05, 3.63) is 87.9 Å². The highest BCUT2D eigenvalue weighted by atomic mass is 35.5. The quantitative estimate of drug-likeness (QED) is 0.187. The summed E-state index contributed by atoms with van der Waals surface area (Å²) in [6.07, 6.45) is 2.00. The number of benzene rings is 3. The summed E-state index contributed by atoms with van der Waals surface area (Å²) in [5.41, 5.74) is 1.83. The number of nitrogens with one attached hydrogen (secondary N) is 1. The molecule has 3 rings (SSSR count). The first-order valence-corrected chi connectivity index (χ1v) is 16.5. The molecule has 232 valence electrons. The molecule has 8 nitrogen and oxygen atoms in total. The first kappa shape index (κ1) is 34.2. The number of ether oxygens (including phenoxy) is 1. The molecule has 0 bridgehead atoms. The zero-order valence-electron chi connectivity index (χ0n) is 25.0. The second kappa shape index (κ2) is 16.0. The van der Waals surface area contributed by atoms with E-state index in [1.165, 1.54) is 17.0 Å². The number of halogens is 2. The highest BCUT2D eigenvalue weighted by molar-refractivity contribution is 7.92. The van der Waals surface area contributed by atoms with Crippen molar-refractivity contribution in [3.63, 3.8) is 0 Å². The molecule has 0 spiro atoms. The van der Waals surface area contributed by atoms with Crippen LogP contribution >= 0.6 is 23.2 Å². The molecule has 0 heterocycles. The van der Waals surface area contributed by atoms with Crippen LogP contribution < -0.4 is 14.4 Å². The van der Waals surface area contributed by atoms with E-state index in [9.17, 15) is 18.0 Å². The monoisotopic (exact) mass is 647 g/mol. The molecule has 0 saturated carbocycles. The third-order valence-corrected chi connectivity index (χ3v) is 9.27. The number of carbonyl (C=O) groups is 2. The molecule has 0 aliphatic rings. The van der Waals surface area contributed by atoms with Gasteiger partial charge < -0.3 is 15.0 Å². The van der Waals surface area contributed by atoms with Crippen molar-refractivity contribution in [1.29, 1.82) is 0 Å². The number of rotatable bonds is 15. The zero-order valence-corrected chi connectivity index (χ0v) is 27.3. The number of hydrogen-bond donors (Lipinski definition) is 1. The minimum atomic E-state index is -4.20. The summed E-state index contributed by atoms with van der Waals surface area (Å²) in [5.74, 6) is -0.338. The van der Waals surface area contributed by atoms with Crippen molar-refractivity contribution in [2.45, 2.75) is 64.4 Å². The van der Waals surface area contributed by atoms with Crippen LogP contribution in [0.1, 0.15) is 51.2 Å². The number of sulfonamides is 1. The third-order valence-electron chi connectivity index (χ3n) is 6.89. The van der Waals surface area contributed by atoms with Crippen molar-refractivity contribution in [3.8, 4) is 5.75 Å². The van der Waals surface area contributed by atoms with Crippen LogP contribution in [0.5, 0.6) is 5.75 Å². The van der Waals surface area contributed by atoms with E-state index in [4.69, 9.17) is 27.9 Å². The van der Waals surface area contributed by atoms with Crippen LogP contribution in [-0.2, 0) is 26.2 Å². The average molecular weight is 649 g/mol. The van der Waals surface area contributed by atoms with Gasteiger partial charge in [-0.2, -0.15) is 0 Å². The molecule has 1 N–H and O–H groups in total. The van der Waals surface area contributed by atoms with E-state index in [-0.39, 0.29) is 17.3 Å². The minimum Gasteiger partial charge on any atom is -0.494 e. The second-order valence-electron chi connectivity index (χ2n) is 10.1. The number of nitrogens with zero attached hydrogens (tertiary/aromatic N) is 2. The van der Waals surface area contributed by atoms with Crippen LogP contribution in [0, 0.1) is 6.92 Å². The molecular weight excluding hydrogens is 609 g/mol. The molecule has 1 atom stereocenters. The molecule has 0 fully saturated rings. The fourth-order valence-corrected chi connectivity index (χ4v) is 6.38. The normalized spacial score (nSPS) is 12.0. The van der Waals surface area contributed by atoms with Gasteiger partial charge >= 0.3 is 0 Å². The Morgan fingerprint density at radius 2 is 1.63 bits per heavy atom. The van der Waals surface area contributed by atoms with E-state index in [1.54, 1.807) is 54.6 Å². The lowest BCUT2D eigenvalue weighted by molar-refractivity contribution is -0.140. The van der Waals surface area contributed by atoms with Crippen LogP contribution in [-0.4, -0.2) is 50.9 Å². The first-order chi connectivity index (χ1) is 20.5. The Balaban J connectivity index is 2.05. The Bertz CT molecular complexity index is 1480. The largest absolute Gasteiger partial charge is 0.494 e. The Hall–Kier alpha value is -3.27. The van der Waals surface area contributed by atoms with Crippen molar-refractivity contribution in [1.82, 2.24) is 10.2 Å². The number of hydrogen-bond acceptors (Lipinski definition) is 5. The molecule has 3 aromatic carbocycles. The summed E-state index contributed by atoms with van der Waals surface area (Å²) in [6, 6.07) is 17.0. The van der Waals surface area contributed by atoms with Gasteiger partial charge in [0.2, 0.25) is 11.8 Å². The summed E-state index contributed by atoms with van der Waals surface area (Å²) in [7, 11) is -4.20. The molecule has 11 heteroatoms. The number of unbranched alkanes of at least 4 members (excludes halogenated alkanes) is 1. The van der Waals surface area contributed by atoms with Crippen molar-refractivity contribution in [2.75, 3.05) is 24.0 Å². The van der Waals surface area contributed by atoms with Gasteiger partial charge in [0.25, 0.3) is 10.0 Å². The Labute approximate surface area is 265 Å². The number of anilines is 1. The number of amides is 2. The van der Waals surface area contributed by atoms with Gasteiger partial charge in [-0.25, -0.2) is 8.42 Å². The Morgan fingerprint density at radius 1 is 0.953 bits per heavy atom. The smallest absolute Gasteiger partial charge is 0.264 e. The molecule has 43 heavy (non-hydrogen) atoms. The first-order valence-electron chi connectivity index (χ1n) is 14.3. The van der Waals surface area contributed by atoms with Crippen LogP contribution in [0.15, 0.2) is 71.6 Å². The van der Waals surface area contributed by atoms with E-state index in [2.05, 4.69) is 5.32 Å². The van der Waals surface area contributed by atoms with E-state index in [0.717, 1.165) is 22.7 Å². The Kier molecular flexibility index (Phi) is 12.7. The maximum Gasteiger partial charge on any atom is 0.264 e. The predicted octanol–water partition coefficient (Wildman–Crippen LogP) is 6.62. The SMILES string of the molecule is CCCCNC(=O)C(CC)N(Cc1ccc(Cl)cc1Cl)C(=O)CN(c1ccc(C)cc1)S(=O)(=O)c1ccc(OCC)cc1. The highest BCUT2D eigenvalue weighted by Gasteiger charge is 2.34. The lowest BCUT2D eigenvalue weighted by atomic mass is 10.1.